The number of aryl methyl sites for hydroxylation is 1. The second kappa shape index (κ2) is 8.53. The molecule has 26 heavy (non-hydrogen) atoms. The molecule has 2 N–H and O–H groups in total. The SMILES string of the molecule is Cc1cccc(/C=N/NC(=O)c2cccnc2NCc2ccncc2)c1. The normalized spacial score (nSPS) is 10.7. The number of carbonyl (C=O) groups is 1. The number of pyridine rings is 2. The Morgan fingerprint density at radius 1 is 1.12 bits per heavy atom. The molecule has 2 aromatic heterocycles. The Morgan fingerprint density at radius 3 is 2.77 bits per heavy atom. The minimum Gasteiger partial charge on any atom is -0.365 e. The van der Waals surface area contributed by atoms with Crippen LogP contribution in [0.3, 0.4) is 0 Å². The summed E-state index contributed by atoms with van der Waals surface area (Å²) in [7, 11) is 0. The third-order valence-electron chi connectivity index (χ3n) is 3.68. The molecule has 0 aliphatic carbocycles. The maximum atomic E-state index is 12.4. The lowest BCUT2D eigenvalue weighted by Crippen LogP contribution is -2.20. The van der Waals surface area contributed by atoms with Crippen LogP contribution in [-0.4, -0.2) is 22.1 Å². The third-order valence-corrected chi connectivity index (χ3v) is 3.68. The Labute approximate surface area is 152 Å². The van der Waals surface area contributed by atoms with Crippen LogP contribution in [0.15, 0.2) is 72.2 Å². The first-order valence-corrected chi connectivity index (χ1v) is 8.20. The zero-order valence-electron chi connectivity index (χ0n) is 14.4. The number of nitrogens with zero attached hydrogens (tertiary/aromatic N) is 3. The van der Waals surface area contributed by atoms with E-state index in [0.717, 1.165) is 16.7 Å². The van der Waals surface area contributed by atoms with Gasteiger partial charge in [-0.3, -0.25) is 9.78 Å². The highest BCUT2D eigenvalue weighted by Crippen LogP contribution is 2.13. The summed E-state index contributed by atoms with van der Waals surface area (Å²) < 4.78 is 0. The largest absolute Gasteiger partial charge is 0.365 e. The second-order valence-electron chi connectivity index (χ2n) is 5.72. The van der Waals surface area contributed by atoms with Gasteiger partial charge < -0.3 is 5.32 Å². The molecule has 0 radical (unpaired) electrons. The molecule has 0 unspecified atom stereocenters. The zero-order valence-corrected chi connectivity index (χ0v) is 14.4. The monoisotopic (exact) mass is 345 g/mol. The summed E-state index contributed by atoms with van der Waals surface area (Å²) in [5.74, 6) is 0.187. The van der Waals surface area contributed by atoms with Gasteiger partial charge in [0.25, 0.3) is 5.91 Å². The van der Waals surface area contributed by atoms with E-state index in [9.17, 15) is 4.79 Å². The van der Waals surface area contributed by atoms with Gasteiger partial charge in [0.05, 0.1) is 11.8 Å². The lowest BCUT2D eigenvalue weighted by molar-refractivity contribution is 0.0955. The average molecular weight is 345 g/mol. The number of hydrazone groups is 1. The molecule has 0 aliphatic heterocycles. The molecule has 0 aliphatic rings. The van der Waals surface area contributed by atoms with Crippen molar-refractivity contribution in [2.24, 2.45) is 5.10 Å². The van der Waals surface area contributed by atoms with Crippen molar-refractivity contribution >= 4 is 17.9 Å². The van der Waals surface area contributed by atoms with Crippen molar-refractivity contribution in [2.45, 2.75) is 13.5 Å². The number of nitrogens with one attached hydrogen (secondary N) is 2. The van der Waals surface area contributed by atoms with Crippen LogP contribution in [0.2, 0.25) is 0 Å². The van der Waals surface area contributed by atoms with Crippen LogP contribution < -0.4 is 10.7 Å². The molecule has 1 amide bonds. The molecule has 3 rings (SSSR count). The summed E-state index contributed by atoms with van der Waals surface area (Å²) >= 11 is 0. The van der Waals surface area contributed by atoms with Crippen molar-refractivity contribution in [3.05, 3.63) is 89.4 Å². The van der Waals surface area contributed by atoms with Crippen LogP contribution in [0.1, 0.15) is 27.0 Å². The van der Waals surface area contributed by atoms with Crippen LogP contribution in [0.5, 0.6) is 0 Å². The number of carbonyl (C=O) groups excluding carboxylic acids is 1. The Hall–Kier alpha value is -3.54. The van der Waals surface area contributed by atoms with Gasteiger partial charge in [0.15, 0.2) is 0 Å². The number of benzene rings is 1. The molecule has 2 heterocycles. The minimum atomic E-state index is -0.320. The van der Waals surface area contributed by atoms with Crippen molar-refractivity contribution in [3.8, 4) is 0 Å². The molecule has 6 nitrogen and oxygen atoms in total. The summed E-state index contributed by atoms with van der Waals surface area (Å²) in [6.45, 7) is 2.55. The molecular weight excluding hydrogens is 326 g/mol. The topological polar surface area (TPSA) is 79.3 Å². The minimum absolute atomic E-state index is 0.320. The first-order chi connectivity index (χ1) is 12.7. The van der Waals surface area contributed by atoms with Crippen LogP contribution in [0.4, 0.5) is 5.82 Å². The Balaban J connectivity index is 1.65. The predicted molar refractivity (Wildman–Crippen MR) is 102 cm³/mol. The summed E-state index contributed by atoms with van der Waals surface area (Å²) in [6.07, 6.45) is 6.71. The number of hydrogen-bond acceptors (Lipinski definition) is 5. The van der Waals surface area contributed by atoms with Gasteiger partial charge in [-0.1, -0.05) is 29.8 Å². The first-order valence-electron chi connectivity index (χ1n) is 8.20. The average Bonchev–Trinajstić information content (AvgIpc) is 2.67. The van der Waals surface area contributed by atoms with Crippen LogP contribution >= 0.6 is 0 Å². The van der Waals surface area contributed by atoms with Crippen molar-refractivity contribution in [1.29, 1.82) is 0 Å². The van der Waals surface area contributed by atoms with Gasteiger partial charge in [-0.25, -0.2) is 10.4 Å². The van der Waals surface area contributed by atoms with Gasteiger partial charge in [0, 0.05) is 25.1 Å². The first kappa shape index (κ1) is 17.3. The molecular formula is C20H19N5O. The number of rotatable bonds is 6. The lowest BCUT2D eigenvalue weighted by Gasteiger charge is -2.09. The molecule has 0 saturated heterocycles. The molecule has 0 spiro atoms. The highest BCUT2D eigenvalue weighted by atomic mass is 16.2. The van der Waals surface area contributed by atoms with E-state index < -0.39 is 0 Å². The fourth-order valence-electron chi connectivity index (χ4n) is 2.39. The molecule has 1 aromatic carbocycles. The maximum absolute atomic E-state index is 12.4. The second-order valence-corrected chi connectivity index (χ2v) is 5.72. The number of hydrogen-bond donors (Lipinski definition) is 2. The number of amides is 1. The van der Waals surface area contributed by atoms with E-state index in [4.69, 9.17) is 0 Å². The standard InChI is InChI=1S/C20H19N5O/c1-15-4-2-5-17(12-15)14-24-25-20(26)18-6-3-9-22-19(18)23-13-16-7-10-21-11-8-16/h2-12,14H,13H2,1H3,(H,22,23)(H,25,26)/b24-14+. The summed E-state index contributed by atoms with van der Waals surface area (Å²) in [5, 5.41) is 7.20. The van der Waals surface area contributed by atoms with Gasteiger partial charge in [0.1, 0.15) is 5.82 Å². The van der Waals surface area contributed by atoms with E-state index in [2.05, 4.69) is 25.8 Å². The van der Waals surface area contributed by atoms with Crippen LogP contribution in [0.25, 0.3) is 0 Å². The van der Waals surface area contributed by atoms with E-state index in [1.165, 1.54) is 0 Å². The predicted octanol–water partition coefficient (Wildman–Crippen LogP) is 3.16. The number of aromatic nitrogens is 2. The van der Waals surface area contributed by atoms with Crippen molar-refractivity contribution in [3.63, 3.8) is 0 Å². The molecule has 3 aromatic rings. The molecule has 0 atom stereocenters. The van der Waals surface area contributed by atoms with E-state index in [1.54, 1.807) is 36.9 Å². The van der Waals surface area contributed by atoms with Crippen molar-refractivity contribution < 1.29 is 4.79 Å². The summed E-state index contributed by atoms with van der Waals surface area (Å²) in [6, 6.07) is 15.1. The fraction of sp³-hybridized carbons (Fsp3) is 0.100. The van der Waals surface area contributed by atoms with E-state index in [1.807, 2.05) is 43.3 Å². The van der Waals surface area contributed by atoms with E-state index in [0.29, 0.717) is 17.9 Å². The van der Waals surface area contributed by atoms with Crippen molar-refractivity contribution in [1.82, 2.24) is 15.4 Å². The lowest BCUT2D eigenvalue weighted by atomic mass is 10.2. The Morgan fingerprint density at radius 2 is 1.96 bits per heavy atom. The highest BCUT2D eigenvalue weighted by Gasteiger charge is 2.11. The highest BCUT2D eigenvalue weighted by molar-refractivity contribution is 5.99. The van der Waals surface area contributed by atoms with Gasteiger partial charge in [-0.15, -0.1) is 0 Å². The van der Waals surface area contributed by atoms with Crippen molar-refractivity contribution in [2.75, 3.05) is 5.32 Å². The fourth-order valence-corrected chi connectivity index (χ4v) is 2.39. The quantitative estimate of drug-likeness (QED) is 0.531. The maximum Gasteiger partial charge on any atom is 0.275 e. The van der Waals surface area contributed by atoms with Gasteiger partial charge >= 0.3 is 0 Å². The molecule has 0 saturated carbocycles. The zero-order chi connectivity index (χ0) is 18.2. The Bertz CT molecular complexity index is 909. The number of anilines is 1. The van der Waals surface area contributed by atoms with E-state index >= 15 is 0 Å². The third kappa shape index (κ3) is 4.73. The molecule has 6 heteroatoms. The molecule has 0 fully saturated rings. The summed E-state index contributed by atoms with van der Waals surface area (Å²) in [4.78, 5) is 20.7. The molecule has 130 valence electrons. The smallest absolute Gasteiger partial charge is 0.275 e. The van der Waals surface area contributed by atoms with Crippen LogP contribution in [0, 0.1) is 6.92 Å². The van der Waals surface area contributed by atoms with Crippen LogP contribution in [-0.2, 0) is 6.54 Å². The van der Waals surface area contributed by atoms with E-state index in [-0.39, 0.29) is 5.91 Å². The van der Waals surface area contributed by atoms with Gasteiger partial charge in [-0.05, 0) is 42.3 Å². The Kier molecular flexibility index (Phi) is 5.67. The van der Waals surface area contributed by atoms with Gasteiger partial charge in [-0.2, -0.15) is 5.10 Å². The summed E-state index contributed by atoms with van der Waals surface area (Å²) in [5.41, 5.74) is 6.09. The van der Waals surface area contributed by atoms with Gasteiger partial charge in [0.2, 0.25) is 0 Å². The molecule has 0 bridgehead atoms.